The van der Waals surface area contributed by atoms with Gasteiger partial charge in [-0.1, -0.05) is 6.42 Å². The van der Waals surface area contributed by atoms with Crippen LogP contribution in [0.5, 0.6) is 0 Å². The molecule has 1 rings (SSSR count). The Morgan fingerprint density at radius 2 is 2.31 bits per heavy atom. The van der Waals surface area contributed by atoms with E-state index in [9.17, 15) is 5.11 Å². The van der Waals surface area contributed by atoms with E-state index in [1.165, 1.54) is 19.3 Å². The molecule has 0 amide bonds. The molecule has 13 heavy (non-hydrogen) atoms. The lowest BCUT2D eigenvalue weighted by Gasteiger charge is -2.35. The molecule has 1 aliphatic heterocycles. The van der Waals surface area contributed by atoms with Crippen LogP contribution in [0.25, 0.3) is 0 Å². The molecule has 1 saturated heterocycles. The average Bonchev–Trinajstić information content (AvgIpc) is 2.15. The van der Waals surface area contributed by atoms with Crippen molar-refractivity contribution in [2.75, 3.05) is 19.6 Å². The molecule has 2 atom stereocenters. The molecule has 3 N–H and O–H groups in total. The molecule has 3 heteroatoms. The van der Waals surface area contributed by atoms with Crippen molar-refractivity contribution in [2.24, 2.45) is 5.73 Å². The van der Waals surface area contributed by atoms with Crippen molar-refractivity contribution < 1.29 is 5.11 Å². The quantitative estimate of drug-likeness (QED) is 0.675. The molecule has 0 bridgehead atoms. The lowest BCUT2D eigenvalue weighted by molar-refractivity contribution is 0.113. The number of hydrogen-bond donors (Lipinski definition) is 2. The van der Waals surface area contributed by atoms with E-state index in [0.29, 0.717) is 6.04 Å². The van der Waals surface area contributed by atoms with E-state index < -0.39 is 0 Å². The first-order valence-electron chi connectivity index (χ1n) is 5.36. The molecule has 0 radical (unpaired) electrons. The molecule has 2 unspecified atom stereocenters. The molecule has 0 aliphatic carbocycles. The number of nitrogens with two attached hydrogens (primary N) is 1. The van der Waals surface area contributed by atoms with Crippen molar-refractivity contribution in [2.45, 2.75) is 44.8 Å². The van der Waals surface area contributed by atoms with Crippen LogP contribution in [-0.2, 0) is 0 Å². The Hall–Kier alpha value is -0.120. The fourth-order valence-corrected chi connectivity index (χ4v) is 1.97. The third-order valence-electron chi connectivity index (χ3n) is 2.86. The van der Waals surface area contributed by atoms with E-state index in [0.717, 1.165) is 26.1 Å². The molecule has 1 aliphatic rings. The van der Waals surface area contributed by atoms with Crippen LogP contribution >= 0.6 is 0 Å². The Morgan fingerprint density at radius 3 is 2.92 bits per heavy atom. The van der Waals surface area contributed by atoms with E-state index in [1.54, 1.807) is 0 Å². The second-order valence-electron chi connectivity index (χ2n) is 4.06. The largest absolute Gasteiger partial charge is 0.393 e. The van der Waals surface area contributed by atoms with Crippen LogP contribution in [0.3, 0.4) is 0 Å². The highest BCUT2D eigenvalue weighted by molar-refractivity contribution is 4.77. The van der Waals surface area contributed by atoms with Crippen molar-refractivity contribution in [3.8, 4) is 0 Å². The summed E-state index contributed by atoms with van der Waals surface area (Å²) in [5.74, 6) is 0. The van der Waals surface area contributed by atoms with E-state index in [2.05, 4.69) is 4.90 Å². The smallest absolute Gasteiger partial charge is 0.0524 e. The zero-order valence-electron chi connectivity index (χ0n) is 8.58. The molecule has 0 saturated carbocycles. The lowest BCUT2D eigenvalue weighted by Crippen LogP contribution is -2.44. The number of hydrogen-bond acceptors (Lipinski definition) is 3. The molecule has 1 fully saturated rings. The maximum absolute atomic E-state index is 9.18. The van der Waals surface area contributed by atoms with Crippen molar-refractivity contribution in [3.05, 3.63) is 0 Å². The van der Waals surface area contributed by atoms with E-state index >= 15 is 0 Å². The highest BCUT2D eigenvalue weighted by Gasteiger charge is 2.20. The SMILES string of the molecule is CC(O)CCN1CCCCC1CN. The summed E-state index contributed by atoms with van der Waals surface area (Å²) in [6.45, 7) is 4.77. The van der Waals surface area contributed by atoms with Crippen molar-refractivity contribution in [1.29, 1.82) is 0 Å². The van der Waals surface area contributed by atoms with Crippen LogP contribution in [0.1, 0.15) is 32.6 Å². The molecular formula is C10H22N2O. The summed E-state index contributed by atoms with van der Waals surface area (Å²) >= 11 is 0. The minimum Gasteiger partial charge on any atom is -0.393 e. The first kappa shape index (κ1) is 11.0. The van der Waals surface area contributed by atoms with Gasteiger partial charge in [-0.2, -0.15) is 0 Å². The summed E-state index contributed by atoms with van der Waals surface area (Å²) < 4.78 is 0. The van der Waals surface area contributed by atoms with Gasteiger partial charge in [0, 0.05) is 19.1 Å². The molecule has 0 aromatic rings. The fourth-order valence-electron chi connectivity index (χ4n) is 1.97. The Labute approximate surface area is 80.9 Å². The highest BCUT2D eigenvalue weighted by Crippen LogP contribution is 2.16. The average molecular weight is 186 g/mol. The van der Waals surface area contributed by atoms with Crippen molar-refractivity contribution >= 4 is 0 Å². The van der Waals surface area contributed by atoms with Crippen molar-refractivity contribution in [3.63, 3.8) is 0 Å². The third kappa shape index (κ3) is 3.63. The third-order valence-corrected chi connectivity index (χ3v) is 2.86. The predicted octanol–water partition coefficient (Wildman–Crippen LogP) is 0.571. The van der Waals surface area contributed by atoms with Gasteiger partial charge in [-0.25, -0.2) is 0 Å². The second-order valence-corrected chi connectivity index (χ2v) is 4.06. The van der Waals surface area contributed by atoms with Crippen LogP contribution in [0.4, 0.5) is 0 Å². The summed E-state index contributed by atoms with van der Waals surface area (Å²) in [7, 11) is 0. The number of aliphatic hydroxyl groups excluding tert-OH is 1. The van der Waals surface area contributed by atoms with E-state index in [-0.39, 0.29) is 6.10 Å². The maximum atomic E-state index is 9.18. The predicted molar refractivity (Wildman–Crippen MR) is 54.6 cm³/mol. The molecule has 3 nitrogen and oxygen atoms in total. The van der Waals surface area contributed by atoms with Gasteiger partial charge in [0.15, 0.2) is 0 Å². The molecule has 0 spiro atoms. The number of rotatable bonds is 4. The van der Waals surface area contributed by atoms with E-state index in [4.69, 9.17) is 5.73 Å². The standard InChI is InChI=1S/C10H22N2O/c1-9(13)5-7-12-6-3-2-4-10(12)8-11/h9-10,13H,2-8,11H2,1H3. The van der Waals surface area contributed by atoms with Crippen LogP contribution in [0.2, 0.25) is 0 Å². The van der Waals surface area contributed by atoms with Crippen LogP contribution < -0.4 is 5.73 Å². The normalized spacial score (nSPS) is 27.5. The van der Waals surface area contributed by atoms with Gasteiger partial charge < -0.3 is 10.8 Å². The van der Waals surface area contributed by atoms with Gasteiger partial charge in [0.25, 0.3) is 0 Å². The highest BCUT2D eigenvalue weighted by atomic mass is 16.3. The number of aliphatic hydroxyl groups is 1. The second kappa shape index (κ2) is 5.58. The van der Waals surface area contributed by atoms with Gasteiger partial charge in [-0.3, -0.25) is 4.90 Å². The summed E-state index contributed by atoms with van der Waals surface area (Å²) in [5.41, 5.74) is 5.70. The Bertz CT molecular complexity index is 139. The number of piperidine rings is 1. The van der Waals surface area contributed by atoms with Gasteiger partial charge in [-0.15, -0.1) is 0 Å². The molecule has 0 aromatic heterocycles. The van der Waals surface area contributed by atoms with Crippen LogP contribution in [0.15, 0.2) is 0 Å². The van der Waals surface area contributed by atoms with E-state index in [1.807, 2.05) is 6.92 Å². The summed E-state index contributed by atoms with van der Waals surface area (Å²) in [6, 6.07) is 0.562. The van der Waals surface area contributed by atoms with Gasteiger partial charge in [0.05, 0.1) is 6.10 Å². The summed E-state index contributed by atoms with van der Waals surface area (Å²) in [5, 5.41) is 9.18. The summed E-state index contributed by atoms with van der Waals surface area (Å²) in [4.78, 5) is 2.43. The Balaban J connectivity index is 2.27. The van der Waals surface area contributed by atoms with Crippen LogP contribution in [0, 0.1) is 0 Å². The van der Waals surface area contributed by atoms with Gasteiger partial charge in [0.2, 0.25) is 0 Å². The van der Waals surface area contributed by atoms with Gasteiger partial charge >= 0.3 is 0 Å². The molecule has 0 aromatic carbocycles. The maximum Gasteiger partial charge on any atom is 0.0524 e. The lowest BCUT2D eigenvalue weighted by atomic mass is 10.0. The zero-order valence-corrected chi connectivity index (χ0v) is 8.58. The monoisotopic (exact) mass is 186 g/mol. The molecular weight excluding hydrogens is 164 g/mol. The number of likely N-dealkylation sites (tertiary alicyclic amines) is 1. The minimum atomic E-state index is -0.180. The number of nitrogens with zero attached hydrogens (tertiary/aromatic N) is 1. The topological polar surface area (TPSA) is 49.5 Å². The van der Waals surface area contributed by atoms with Crippen LogP contribution in [-0.4, -0.2) is 41.8 Å². The minimum absolute atomic E-state index is 0.180. The zero-order chi connectivity index (χ0) is 9.68. The van der Waals surface area contributed by atoms with Gasteiger partial charge in [-0.05, 0) is 32.7 Å². The Morgan fingerprint density at radius 1 is 1.54 bits per heavy atom. The molecule has 78 valence electrons. The Kier molecular flexibility index (Phi) is 4.70. The molecule has 1 heterocycles. The fraction of sp³-hybridized carbons (Fsp3) is 1.00. The summed E-state index contributed by atoms with van der Waals surface area (Å²) in [6.07, 6.45) is 4.52. The first-order chi connectivity index (χ1) is 6.24. The first-order valence-corrected chi connectivity index (χ1v) is 5.36. The van der Waals surface area contributed by atoms with Gasteiger partial charge in [0.1, 0.15) is 0 Å². The van der Waals surface area contributed by atoms with Crippen molar-refractivity contribution in [1.82, 2.24) is 4.90 Å².